The maximum atomic E-state index is 12.8. The van der Waals surface area contributed by atoms with E-state index in [1.165, 1.54) is 23.1 Å². The summed E-state index contributed by atoms with van der Waals surface area (Å²) in [7, 11) is 1.56. The third-order valence-corrected chi connectivity index (χ3v) is 4.41. The predicted molar refractivity (Wildman–Crippen MR) is 102 cm³/mol. The summed E-state index contributed by atoms with van der Waals surface area (Å²) >= 11 is 0. The van der Waals surface area contributed by atoms with Crippen LogP contribution in [0.5, 0.6) is 0 Å². The van der Waals surface area contributed by atoms with E-state index in [4.69, 9.17) is 4.74 Å². The van der Waals surface area contributed by atoms with Crippen molar-refractivity contribution in [3.63, 3.8) is 0 Å². The van der Waals surface area contributed by atoms with Crippen LogP contribution in [0, 0.1) is 10.1 Å². The first-order valence-electron chi connectivity index (χ1n) is 8.69. The van der Waals surface area contributed by atoms with Crippen LogP contribution >= 0.6 is 0 Å². The number of ether oxygens (including phenoxy) is 1. The monoisotopic (exact) mass is 381 g/mol. The van der Waals surface area contributed by atoms with Crippen molar-refractivity contribution in [1.82, 2.24) is 10.2 Å². The van der Waals surface area contributed by atoms with Crippen molar-refractivity contribution in [3.05, 3.63) is 81.4 Å². The van der Waals surface area contributed by atoms with Gasteiger partial charge in [0, 0.05) is 19.2 Å². The van der Waals surface area contributed by atoms with Crippen LogP contribution in [0.2, 0.25) is 0 Å². The van der Waals surface area contributed by atoms with Gasteiger partial charge in [-0.15, -0.1) is 0 Å². The third kappa shape index (κ3) is 3.57. The molecule has 1 atom stereocenters. The number of esters is 1. The Kier molecular flexibility index (Phi) is 5.39. The van der Waals surface area contributed by atoms with Crippen LogP contribution < -0.4 is 5.32 Å². The standard InChI is InChI=1S/C20H19N3O5/c1-3-28-19(24)16-17(14-10-7-11-15(12-14)23(26)27)21-20(25)22(2)18(16)13-8-5-4-6-9-13/h4-12,17H,3H2,1-2H3,(H,21,25)/t17-/m0/s1. The average Bonchev–Trinajstić information content (AvgIpc) is 2.70. The number of amides is 2. The topological polar surface area (TPSA) is 102 Å². The van der Waals surface area contributed by atoms with Crippen molar-refractivity contribution in [3.8, 4) is 0 Å². The molecule has 2 aromatic carbocycles. The minimum Gasteiger partial charge on any atom is -0.463 e. The molecule has 1 aliphatic rings. The fraction of sp³-hybridized carbons (Fsp3) is 0.200. The molecule has 2 amide bonds. The quantitative estimate of drug-likeness (QED) is 0.487. The van der Waals surface area contributed by atoms with Crippen LogP contribution in [0.3, 0.4) is 0 Å². The molecule has 1 heterocycles. The first-order chi connectivity index (χ1) is 13.4. The Balaban J connectivity index is 2.24. The van der Waals surface area contributed by atoms with Gasteiger partial charge in [-0.3, -0.25) is 15.0 Å². The molecular weight excluding hydrogens is 362 g/mol. The van der Waals surface area contributed by atoms with Gasteiger partial charge in [-0.05, 0) is 18.1 Å². The van der Waals surface area contributed by atoms with E-state index in [2.05, 4.69) is 5.32 Å². The number of nitro benzene ring substituents is 1. The van der Waals surface area contributed by atoms with E-state index in [0.717, 1.165) is 0 Å². The molecule has 1 N–H and O–H groups in total. The number of hydrogen-bond donors (Lipinski definition) is 1. The minimum atomic E-state index is -0.877. The highest BCUT2D eigenvalue weighted by molar-refractivity contribution is 6.04. The van der Waals surface area contributed by atoms with Gasteiger partial charge in [-0.2, -0.15) is 0 Å². The summed E-state index contributed by atoms with van der Waals surface area (Å²) in [5.41, 5.74) is 1.58. The van der Waals surface area contributed by atoms with Gasteiger partial charge in [-0.1, -0.05) is 42.5 Å². The summed E-state index contributed by atoms with van der Waals surface area (Å²) in [6, 6.07) is 13.5. The van der Waals surface area contributed by atoms with E-state index >= 15 is 0 Å². The predicted octanol–water partition coefficient (Wildman–Crippen LogP) is 3.27. The lowest BCUT2D eigenvalue weighted by atomic mass is 9.92. The summed E-state index contributed by atoms with van der Waals surface area (Å²) < 4.78 is 5.24. The molecular formula is C20H19N3O5. The van der Waals surface area contributed by atoms with E-state index in [9.17, 15) is 19.7 Å². The highest BCUT2D eigenvalue weighted by Gasteiger charge is 2.37. The summed E-state index contributed by atoms with van der Waals surface area (Å²) in [6.07, 6.45) is 0. The number of nitrogens with one attached hydrogen (secondary N) is 1. The van der Waals surface area contributed by atoms with Crippen LogP contribution in [0.15, 0.2) is 60.2 Å². The van der Waals surface area contributed by atoms with Gasteiger partial charge in [0.2, 0.25) is 0 Å². The summed E-state index contributed by atoms with van der Waals surface area (Å²) in [5.74, 6) is -0.593. The second-order valence-corrected chi connectivity index (χ2v) is 6.14. The molecule has 0 saturated carbocycles. The summed E-state index contributed by atoms with van der Waals surface area (Å²) in [4.78, 5) is 37.4. The number of hydrogen-bond acceptors (Lipinski definition) is 5. The number of nitrogens with zero attached hydrogens (tertiary/aromatic N) is 2. The molecule has 8 heteroatoms. The van der Waals surface area contributed by atoms with E-state index < -0.39 is 23.0 Å². The van der Waals surface area contributed by atoms with Crippen molar-refractivity contribution >= 4 is 23.4 Å². The fourth-order valence-corrected chi connectivity index (χ4v) is 3.15. The van der Waals surface area contributed by atoms with Crippen molar-refractivity contribution in [2.75, 3.05) is 13.7 Å². The van der Waals surface area contributed by atoms with Crippen LogP contribution in [0.1, 0.15) is 24.1 Å². The lowest BCUT2D eigenvalue weighted by Crippen LogP contribution is -2.46. The van der Waals surface area contributed by atoms with Gasteiger partial charge in [0.15, 0.2) is 0 Å². The fourth-order valence-electron chi connectivity index (χ4n) is 3.15. The second kappa shape index (κ2) is 7.91. The Hall–Kier alpha value is -3.68. The molecule has 0 aromatic heterocycles. The first-order valence-corrected chi connectivity index (χ1v) is 8.69. The number of carbonyl (C=O) groups is 2. The lowest BCUT2D eigenvalue weighted by molar-refractivity contribution is -0.384. The molecule has 2 aromatic rings. The van der Waals surface area contributed by atoms with Crippen molar-refractivity contribution < 1.29 is 19.2 Å². The molecule has 8 nitrogen and oxygen atoms in total. The molecule has 0 aliphatic carbocycles. The molecule has 28 heavy (non-hydrogen) atoms. The molecule has 1 aliphatic heterocycles. The van der Waals surface area contributed by atoms with E-state index in [0.29, 0.717) is 16.8 Å². The summed E-state index contributed by atoms with van der Waals surface area (Å²) in [5, 5.41) is 13.9. The highest BCUT2D eigenvalue weighted by atomic mass is 16.6. The maximum Gasteiger partial charge on any atom is 0.338 e. The average molecular weight is 381 g/mol. The van der Waals surface area contributed by atoms with E-state index in [1.54, 1.807) is 44.3 Å². The number of rotatable bonds is 5. The zero-order chi connectivity index (χ0) is 20.3. The van der Waals surface area contributed by atoms with Crippen LogP contribution in [-0.4, -0.2) is 35.5 Å². The van der Waals surface area contributed by atoms with Crippen molar-refractivity contribution in [2.45, 2.75) is 13.0 Å². The Labute approximate surface area is 161 Å². The van der Waals surface area contributed by atoms with Gasteiger partial charge in [0.25, 0.3) is 5.69 Å². The zero-order valence-electron chi connectivity index (χ0n) is 15.4. The van der Waals surface area contributed by atoms with Crippen LogP contribution in [-0.2, 0) is 9.53 Å². The molecule has 3 rings (SSSR count). The Bertz CT molecular complexity index is 955. The molecule has 0 spiro atoms. The largest absolute Gasteiger partial charge is 0.463 e. The van der Waals surface area contributed by atoms with E-state index in [1.807, 2.05) is 6.07 Å². The van der Waals surface area contributed by atoms with Crippen LogP contribution in [0.4, 0.5) is 10.5 Å². The van der Waals surface area contributed by atoms with Crippen molar-refractivity contribution in [1.29, 1.82) is 0 Å². The smallest absolute Gasteiger partial charge is 0.338 e. The van der Waals surface area contributed by atoms with Gasteiger partial charge < -0.3 is 10.1 Å². The number of nitro groups is 1. The van der Waals surface area contributed by atoms with Gasteiger partial charge >= 0.3 is 12.0 Å². The van der Waals surface area contributed by atoms with Gasteiger partial charge in [0.1, 0.15) is 0 Å². The number of carbonyl (C=O) groups excluding carboxylic acids is 2. The molecule has 0 bridgehead atoms. The summed E-state index contributed by atoms with van der Waals surface area (Å²) in [6.45, 7) is 1.85. The van der Waals surface area contributed by atoms with Crippen LogP contribution in [0.25, 0.3) is 5.70 Å². The number of benzene rings is 2. The first kappa shape index (κ1) is 19.1. The van der Waals surface area contributed by atoms with Gasteiger partial charge in [0.05, 0.1) is 28.8 Å². The number of non-ortho nitro benzene ring substituents is 1. The minimum absolute atomic E-state index is 0.129. The highest BCUT2D eigenvalue weighted by Crippen LogP contribution is 2.36. The molecule has 0 fully saturated rings. The number of urea groups is 1. The van der Waals surface area contributed by atoms with Crippen molar-refractivity contribution in [2.24, 2.45) is 0 Å². The third-order valence-electron chi connectivity index (χ3n) is 4.41. The Morgan fingerprint density at radius 3 is 2.57 bits per heavy atom. The molecule has 144 valence electrons. The Morgan fingerprint density at radius 2 is 1.93 bits per heavy atom. The van der Waals surface area contributed by atoms with E-state index in [-0.39, 0.29) is 17.9 Å². The maximum absolute atomic E-state index is 12.8. The SMILES string of the molecule is CCOC(=O)C1=C(c2ccccc2)N(C)C(=O)N[C@H]1c1cccc([N+](=O)[O-])c1. The molecule has 0 unspecified atom stereocenters. The van der Waals surface area contributed by atoms with Gasteiger partial charge in [-0.25, -0.2) is 9.59 Å². The normalized spacial score (nSPS) is 16.6. The second-order valence-electron chi connectivity index (χ2n) is 6.14. The Morgan fingerprint density at radius 1 is 1.21 bits per heavy atom. The zero-order valence-corrected chi connectivity index (χ0v) is 15.4. The lowest BCUT2D eigenvalue weighted by Gasteiger charge is -2.34. The molecule has 0 radical (unpaired) electrons. The molecule has 0 saturated heterocycles.